The molecule has 0 bridgehead atoms. The summed E-state index contributed by atoms with van der Waals surface area (Å²) in [7, 11) is 0. The molecule has 16 heavy (non-hydrogen) atoms. The van der Waals surface area contributed by atoms with Gasteiger partial charge in [-0.1, -0.05) is 17.7 Å². The predicted octanol–water partition coefficient (Wildman–Crippen LogP) is 2.85. The van der Waals surface area contributed by atoms with Crippen LogP contribution in [-0.2, 0) is 0 Å². The Kier molecular flexibility index (Phi) is 2.99. The molecule has 84 valence electrons. The summed E-state index contributed by atoms with van der Waals surface area (Å²) < 4.78 is 1.77. The first-order valence-corrected chi connectivity index (χ1v) is 5.53. The van der Waals surface area contributed by atoms with Crippen molar-refractivity contribution in [1.29, 1.82) is 0 Å². The zero-order valence-electron chi connectivity index (χ0n) is 9.31. The molecule has 0 saturated heterocycles. The van der Waals surface area contributed by atoms with Gasteiger partial charge < -0.3 is 5.73 Å². The molecule has 1 unspecified atom stereocenters. The maximum Gasteiger partial charge on any atom is 0.0832 e. The summed E-state index contributed by atoms with van der Waals surface area (Å²) in [6.45, 7) is 3.88. The van der Waals surface area contributed by atoms with Crippen LogP contribution in [0.3, 0.4) is 0 Å². The standard InChI is InChI=1S/C12H14ClN3/c1-8-5-6-16(15-8)12-4-3-10(9(2)14)7-11(12)13/h3-7,9H,14H2,1-2H3. The molecule has 1 aromatic heterocycles. The topological polar surface area (TPSA) is 43.8 Å². The van der Waals surface area contributed by atoms with E-state index in [1.165, 1.54) is 0 Å². The smallest absolute Gasteiger partial charge is 0.0832 e. The average Bonchev–Trinajstić information content (AvgIpc) is 2.64. The fourth-order valence-corrected chi connectivity index (χ4v) is 1.82. The third-order valence-corrected chi connectivity index (χ3v) is 2.77. The minimum absolute atomic E-state index is 0.00842. The molecule has 0 saturated carbocycles. The first-order valence-electron chi connectivity index (χ1n) is 5.15. The Morgan fingerprint density at radius 3 is 2.62 bits per heavy atom. The zero-order chi connectivity index (χ0) is 11.7. The van der Waals surface area contributed by atoms with E-state index in [0.717, 1.165) is 16.9 Å². The molecule has 0 aliphatic rings. The van der Waals surface area contributed by atoms with Crippen LogP contribution < -0.4 is 5.73 Å². The van der Waals surface area contributed by atoms with E-state index < -0.39 is 0 Å². The monoisotopic (exact) mass is 235 g/mol. The maximum atomic E-state index is 6.20. The minimum Gasteiger partial charge on any atom is -0.324 e. The first kappa shape index (κ1) is 11.2. The number of rotatable bonds is 2. The van der Waals surface area contributed by atoms with E-state index in [1.807, 2.05) is 44.3 Å². The third kappa shape index (κ3) is 2.10. The molecule has 1 aromatic carbocycles. The van der Waals surface area contributed by atoms with Gasteiger partial charge in [0.25, 0.3) is 0 Å². The van der Waals surface area contributed by atoms with Crippen molar-refractivity contribution in [3.05, 3.63) is 46.7 Å². The summed E-state index contributed by atoms with van der Waals surface area (Å²) in [5.74, 6) is 0. The lowest BCUT2D eigenvalue weighted by molar-refractivity contribution is 0.813. The second-order valence-electron chi connectivity index (χ2n) is 3.90. The maximum absolute atomic E-state index is 6.20. The van der Waals surface area contributed by atoms with Gasteiger partial charge >= 0.3 is 0 Å². The second-order valence-corrected chi connectivity index (χ2v) is 4.31. The van der Waals surface area contributed by atoms with E-state index in [4.69, 9.17) is 17.3 Å². The number of aryl methyl sites for hydroxylation is 1. The highest BCUT2D eigenvalue weighted by Gasteiger charge is 2.07. The molecule has 0 aliphatic heterocycles. The number of nitrogens with two attached hydrogens (primary N) is 1. The molecular weight excluding hydrogens is 222 g/mol. The summed E-state index contributed by atoms with van der Waals surface area (Å²) in [5.41, 5.74) is 8.66. The fourth-order valence-electron chi connectivity index (χ4n) is 1.54. The summed E-state index contributed by atoms with van der Waals surface area (Å²) >= 11 is 6.20. The summed E-state index contributed by atoms with van der Waals surface area (Å²) in [6.07, 6.45) is 1.89. The van der Waals surface area contributed by atoms with E-state index in [2.05, 4.69) is 5.10 Å². The van der Waals surface area contributed by atoms with Crippen molar-refractivity contribution in [2.45, 2.75) is 19.9 Å². The second kappa shape index (κ2) is 4.28. The Morgan fingerprint density at radius 2 is 2.12 bits per heavy atom. The van der Waals surface area contributed by atoms with Crippen LogP contribution in [0.5, 0.6) is 0 Å². The van der Waals surface area contributed by atoms with Gasteiger partial charge in [-0.15, -0.1) is 0 Å². The lowest BCUT2D eigenvalue weighted by Crippen LogP contribution is -2.05. The Hall–Kier alpha value is -1.32. The highest BCUT2D eigenvalue weighted by molar-refractivity contribution is 6.32. The zero-order valence-corrected chi connectivity index (χ0v) is 10.1. The number of hydrogen-bond donors (Lipinski definition) is 1. The third-order valence-electron chi connectivity index (χ3n) is 2.47. The van der Waals surface area contributed by atoms with Gasteiger partial charge in [0.15, 0.2) is 0 Å². The van der Waals surface area contributed by atoms with Crippen molar-refractivity contribution in [1.82, 2.24) is 9.78 Å². The van der Waals surface area contributed by atoms with Crippen molar-refractivity contribution in [3.63, 3.8) is 0 Å². The molecule has 0 fully saturated rings. The van der Waals surface area contributed by atoms with Gasteiger partial charge in [0.05, 0.1) is 16.4 Å². The first-order chi connectivity index (χ1) is 7.58. The number of hydrogen-bond acceptors (Lipinski definition) is 2. The van der Waals surface area contributed by atoms with E-state index in [0.29, 0.717) is 5.02 Å². The molecular formula is C12H14ClN3. The molecule has 0 spiro atoms. The van der Waals surface area contributed by atoms with Gasteiger partial charge in [-0.2, -0.15) is 5.10 Å². The highest BCUT2D eigenvalue weighted by Crippen LogP contribution is 2.23. The summed E-state index contributed by atoms with van der Waals surface area (Å²) in [4.78, 5) is 0. The van der Waals surface area contributed by atoms with Gasteiger partial charge in [-0.25, -0.2) is 4.68 Å². The van der Waals surface area contributed by atoms with Crippen molar-refractivity contribution >= 4 is 11.6 Å². The highest BCUT2D eigenvalue weighted by atomic mass is 35.5. The van der Waals surface area contributed by atoms with Crippen LogP contribution in [0, 0.1) is 6.92 Å². The SMILES string of the molecule is Cc1ccn(-c2ccc(C(C)N)cc2Cl)n1. The molecule has 4 heteroatoms. The van der Waals surface area contributed by atoms with E-state index >= 15 is 0 Å². The van der Waals surface area contributed by atoms with Crippen molar-refractivity contribution < 1.29 is 0 Å². The summed E-state index contributed by atoms with van der Waals surface area (Å²) in [6, 6.07) is 7.73. The fraction of sp³-hybridized carbons (Fsp3) is 0.250. The van der Waals surface area contributed by atoms with Crippen molar-refractivity contribution in [3.8, 4) is 5.69 Å². The molecule has 0 amide bonds. The molecule has 3 nitrogen and oxygen atoms in total. The van der Waals surface area contributed by atoms with Gasteiger partial charge in [-0.05, 0) is 37.6 Å². The van der Waals surface area contributed by atoms with Crippen molar-refractivity contribution in [2.75, 3.05) is 0 Å². The molecule has 0 radical (unpaired) electrons. The number of halogens is 1. The number of aromatic nitrogens is 2. The Balaban J connectivity index is 2.44. The average molecular weight is 236 g/mol. The number of benzene rings is 1. The van der Waals surface area contributed by atoms with Gasteiger partial charge in [-0.3, -0.25) is 0 Å². The van der Waals surface area contributed by atoms with Crippen LogP contribution in [0.4, 0.5) is 0 Å². The molecule has 0 aliphatic carbocycles. The van der Waals surface area contributed by atoms with Crippen LogP contribution in [0.25, 0.3) is 5.69 Å². The Labute approximate surface area is 99.8 Å². The Bertz CT molecular complexity index is 503. The molecule has 2 N–H and O–H groups in total. The van der Waals surface area contributed by atoms with Crippen LogP contribution >= 0.6 is 11.6 Å². The van der Waals surface area contributed by atoms with Crippen LogP contribution in [0.1, 0.15) is 24.2 Å². The Morgan fingerprint density at radius 1 is 1.38 bits per heavy atom. The molecule has 2 rings (SSSR count). The van der Waals surface area contributed by atoms with Crippen LogP contribution in [0.2, 0.25) is 5.02 Å². The van der Waals surface area contributed by atoms with Gasteiger partial charge in [0.1, 0.15) is 0 Å². The van der Waals surface area contributed by atoms with E-state index in [-0.39, 0.29) is 6.04 Å². The summed E-state index contributed by atoms with van der Waals surface area (Å²) in [5, 5.41) is 4.98. The lowest BCUT2D eigenvalue weighted by atomic mass is 10.1. The largest absolute Gasteiger partial charge is 0.324 e. The molecule has 1 atom stereocenters. The molecule has 1 heterocycles. The van der Waals surface area contributed by atoms with Crippen LogP contribution in [-0.4, -0.2) is 9.78 Å². The quantitative estimate of drug-likeness (QED) is 0.870. The number of nitrogens with zero attached hydrogens (tertiary/aromatic N) is 2. The normalized spacial score (nSPS) is 12.8. The minimum atomic E-state index is -0.00842. The van der Waals surface area contributed by atoms with Gasteiger partial charge in [0.2, 0.25) is 0 Å². The van der Waals surface area contributed by atoms with Crippen LogP contribution in [0.15, 0.2) is 30.5 Å². The molecule has 2 aromatic rings. The van der Waals surface area contributed by atoms with Crippen molar-refractivity contribution in [2.24, 2.45) is 5.73 Å². The van der Waals surface area contributed by atoms with E-state index in [1.54, 1.807) is 4.68 Å². The lowest BCUT2D eigenvalue weighted by Gasteiger charge is -2.09. The predicted molar refractivity (Wildman–Crippen MR) is 65.9 cm³/mol. The van der Waals surface area contributed by atoms with Gasteiger partial charge in [0, 0.05) is 12.2 Å². The van der Waals surface area contributed by atoms with E-state index in [9.17, 15) is 0 Å².